The van der Waals surface area contributed by atoms with Crippen LogP contribution in [0.1, 0.15) is 37.7 Å². The highest BCUT2D eigenvalue weighted by Crippen LogP contribution is 2.30. The van der Waals surface area contributed by atoms with Crippen molar-refractivity contribution in [2.75, 3.05) is 19.1 Å². The molecule has 1 aliphatic rings. The van der Waals surface area contributed by atoms with Crippen molar-refractivity contribution >= 4 is 29.5 Å². The maximum Gasteiger partial charge on any atom is 0.328 e. The zero-order valence-corrected chi connectivity index (χ0v) is 20.1. The number of hydrogen-bond acceptors (Lipinski definition) is 5. The second-order valence-electron chi connectivity index (χ2n) is 8.49. The van der Waals surface area contributed by atoms with E-state index in [0.717, 1.165) is 22.4 Å². The van der Waals surface area contributed by atoms with Crippen LogP contribution >= 0.6 is 11.8 Å². The maximum absolute atomic E-state index is 12.6. The predicted octanol–water partition coefficient (Wildman–Crippen LogP) is 3.74. The van der Waals surface area contributed by atoms with Crippen LogP contribution in [0.15, 0.2) is 54.6 Å². The van der Waals surface area contributed by atoms with E-state index < -0.39 is 17.6 Å². The van der Waals surface area contributed by atoms with Gasteiger partial charge in [0, 0.05) is 18.4 Å². The minimum atomic E-state index is -0.644. The number of carbonyl (C=O) groups is 3. The molecule has 2 atom stereocenters. The molecule has 3 rings (SSSR count). The first kappa shape index (κ1) is 24.8. The number of benzene rings is 2. The first-order valence-electron chi connectivity index (χ1n) is 11.3. The highest BCUT2D eigenvalue weighted by atomic mass is 32.2. The van der Waals surface area contributed by atoms with E-state index >= 15 is 0 Å². The van der Waals surface area contributed by atoms with E-state index in [1.165, 1.54) is 7.11 Å². The first-order valence-corrected chi connectivity index (χ1v) is 12.7. The lowest BCUT2D eigenvalue weighted by atomic mass is 9.84. The summed E-state index contributed by atoms with van der Waals surface area (Å²) in [6, 6.07) is 17.9. The Morgan fingerprint density at radius 2 is 1.82 bits per heavy atom. The Balaban J connectivity index is 1.63. The van der Waals surface area contributed by atoms with Gasteiger partial charge in [0.2, 0.25) is 11.8 Å². The third kappa shape index (κ3) is 7.09. The molecule has 33 heavy (non-hydrogen) atoms. The zero-order chi connectivity index (χ0) is 23.7. The monoisotopic (exact) mass is 468 g/mol. The summed E-state index contributed by atoms with van der Waals surface area (Å²) in [7, 11) is 1.33. The number of ether oxygens (including phenoxy) is 1. The van der Waals surface area contributed by atoms with Crippen LogP contribution in [-0.4, -0.2) is 48.5 Å². The van der Waals surface area contributed by atoms with Crippen molar-refractivity contribution in [1.82, 2.24) is 10.6 Å². The van der Waals surface area contributed by atoms with Crippen LogP contribution in [0.4, 0.5) is 0 Å². The quantitative estimate of drug-likeness (QED) is 0.491. The summed E-state index contributed by atoms with van der Waals surface area (Å²) >= 11 is 1.61. The molecular weight excluding hydrogens is 436 g/mol. The average Bonchev–Trinajstić information content (AvgIpc) is 3.21. The summed E-state index contributed by atoms with van der Waals surface area (Å²) in [6.45, 7) is 0. The number of carbonyl (C=O) groups excluding carboxylic acids is 3. The molecule has 0 unspecified atom stereocenters. The highest BCUT2D eigenvalue weighted by molar-refractivity contribution is 7.98. The normalized spacial score (nSPS) is 18.4. The fraction of sp³-hybridized carbons (Fsp3) is 0.423. The number of esters is 1. The average molecular weight is 469 g/mol. The van der Waals surface area contributed by atoms with Crippen molar-refractivity contribution in [1.29, 1.82) is 0 Å². The van der Waals surface area contributed by atoms with Gasteiger partial charge in [-0.1, -0.05) is 54.6 Å². The SMILES string of the molecule is COC(=O)[C@H](CCSC)NC(=O)CC[C@@]1(Cc2ccc(-c3ccccc3)cc2)CCC(=O)N1. The summed E-state index contributed by atoms with van der Waals surface area (Å²) in [5, 5.41) is 5.93. The molecule has 2 aromatic rings. The number of methoxy groups -OCH3 is 1. The maximum atomic E-state index is 12.6. The van der Waals surface area contributed by atoms with Gasteiger partial charge in [0.1, 0.15) is 6.04 Å². The number of rotatable bonds is 11. The first-order chi connectivity index (χ1) is 15.9. The van der Waals surface area contributed by atoms with E-state index in [1.807, 2.05) is 24.5 Å². The fourth-order valence-electron chi connectivity index (χ4n) is 4.26. The lowest BCUT2D eigenvalue weighted by Crippen LogP contribution is -2.46. The second-order valence-corrected chi connectivity index (χ2v) is 9.48. The van der Waals surface area contributed by atoms with Gasteiger partial charge in [-0.25, -0.2) is 4.79 Å². The lowest BCUT2D eigenvalue weighted by Gasteiger charge is -2.29. The molecule has 0 spiro atoms. The predicted molar refractivity (Wildman–Crippen MR) is 132 cm³/mol. The van der Waals surface area contributed by atoms with Gasteiger partial charge in [0.05, 0.1) is 7.11 Å². The standard InChI is InChI=1S/C26H32N2O4S/c1-32-25(31)22(14-17-33-2)27-23(29)12-15-26(16-13-24(30)28-26)18-19-8-10-21(11-9-19)20-6-4-3-5-7-20/h3-11,22H,12-18H2,1-2H3,(H,27,29)(H,28,30)/t22-,26-/m0/s1. The van der Waals surface area contributed by atoms with Crippen molar-refractivity contribution in [3.05, 3.63) is 60.2 Å². The molecule has 0 radical (unpaired) electrons. The van der Waals surface area contributed by atoms with E-state index in [9.17, 15) is 14.4 Å². The van der Waals surface area contributed by atoms with E-state index in [2.05, 4.69) is 47.0 Å². The minimum Gasteiger partial charge on any atom is -0.467 e. The van der Waals surface area contributed by atoms with Crippen molar-refractivity contribution in [2.45, 2.75) is 50.1 Å². The smallest absolute Gasteiger partial charge is 0.328 e. The molecule has 2 amide bonds. The summed E-state index contributed by atoms with van der Waals surface area (Å²) in [4.78, 5) is 36.7. The Kier molecular flexibility index (Phi) is 8.95. The third-order valence-corrected chi connectivity index (χ3v) is 6.74. The van der Waals surface area contributed by atoms with Crippen molar-refractivity contribution in [3.8, 4) is 11.1 Å². The Morgan fingerprint density at radius 1 is 1.12 bits per heavy atom. The van der Waals surface area contributed by atoms with Crippen molar-refractivity contribution < 1.29 is 19.1 Å². The summed E-state index contributed by atoms with van der Waals surface area (Å²) < 4.78 is 4.82. The molecular formula is C26H32N2O4S. The van der Waals surface area contributed by atoms with E-state index in [-0.39, 0.29) is 18.2 Å². The molecule has 2 N–H and O–H groups in total. The van der Waals surface area contributed by atoms with Crippen molar-refractivity contribution in [2.24, 2.45) is 0 Å². The van der Waals surface area contributed by atoms with Crippen LogP contribution in [0.25, 0.3) is 11.1 Å². The number of hydrogen-bond donors (Lipinski definition) is 2. The Morgan fingerprint density at radius 3 is 2.42 bits per heavy atom. The number of nitrogens with one attached hydrogen (secondary N) is 2. The zero-order valence-electron chi connectivity index (χ0n) is 19.3. The highest BCUT2D eigenvalue weighted by Gasteiger charge is 2.38. The van der Waals surface area contributed by atoms with E-state index in [4.69, 9.17) is 4.74 Å². The van der Waals surface area contributed by atoms with Crippen LogP contribution in [0.5, 0.6) is 0 Å². The molecule has 2 aromatic carbocycles. The van der Waals surface area contributed by atoms with Crippen molar-refractivity contribution in [3.63, 3.8) is 0 Å². The van der Waals surface area contributed by atoms with Gasteiger partial charge in [0.15, 0.2) is 0 Å². The van der Waals surface area contributed by atoms with Crippen LogP contribution in [0.3, 0.4) is 0 Å². The number of amides is 2. The van der Waals surface area contributed by atoms with Gasteiger partial charge in [-0.15, -0.1) is 0 Å². The minimum absolute atomic E-state index is 0.0173. The topological polar surface area (TPSA) is 84.5 Å². The summed E-state index contributed by atoms with van der Waals surface area (Å²) in [5.41, 5.74) is 2.96. The largest absolute Gasteiger partial charge is 0.467 e. The van der Waals surface area contributed by atoms with Gasteiger partial charge >= 0.3 is 5.97 Å². The van der Waals surface area contributed by atoms with Crippen LogP contribution < -0.4 is 10.6 Å². The van der Waals surface area contributed by atoms with Gasteiger partial charge < -0.3 is 15.4 Å². The Hall–Kier alpha value is -2.80. The summed E-state index contributed by atoms with van der Waals surface area (Å²) in [5.74, 6) is 0.133. The Bertz CT molecular complexity index is 949. The van der Waals surface area contributed by atoms with E-state index in [1.54, 1.807) is 11.8 Å². The molecule has 1 fully saturated rings. The van der Waals surface area contributed by atoms with Crippen LogP contribution in [-0.2, 0) is 25.5 Å². The lowest BCUT2D eigenvalue weighted by molar-refractivity contribution is -0.145. The molecule has 1 aliphatic heterocycles. The van der Waals surface area contributed by atoms with Gasteiger partial charge in [0.25, 0.3) is 0 Å². The molecule has 1 heterocycles. The molecule has 6 nitrogen and oxygen atoms in total. The molecule has 0 saturated carbocycles. The van der Waals surface area contributed by atoms with E-state index in [0.29, 0.717) is 32.1 Å². The Labute approximate surface area is 199 Å². The molecule has 176 valence electrons. The third-order valence-electron chi connectivity index (χ3n) is 6.10. The fourth-order valence-corrected chi connectivity index (χ4v) is 4.74. The molecule has 1 saturated heterocycles. The van der Waals surface area contributed by atoms with Crippen LogP contribution in [0, 0.1) is 0 Å². The number of thioether (sulfide) groups is 1. The molecule has 0 bridgehead atoms. The molecule has 0 aliphatic carbocycles. The second kappa shape index (κ2) is 11.9. The molecule has 7 heteroatoms. The van der Waals surface area contributed by atoms with Gasteiger partial charge in [-0.05, 0) is 54.4 Å². The molecule has 0 aromatic heterocycles. The van der Waals surface area contributed by atoms with Gasteiger partial charge in [-0.3, -0.25) is 9.59 Å². The summed E-state index contributed by atoms with van der Waals surface area (Å²) in [6.07, 6.45) is 5.03. The van der Waals surface area contributed by atoms with Crippen LogP contribution in [0.2, 0.25) is 0 Å². The van der Waals surface area contributed by atoms with Gasteiger partial charge in [-0.2, -0.15) is 11.8 Å².